The SMILES string of the molecule is COc1ccc(NC(=O)C(C)OC(=O)CCN2C(=O)NC3(CCCCC3)C2=O)c([N+](=O)[O-])c1. The zero-order chi connectivity index (χ0) is 24.2. The Morgan fingerprint density at radius 2 is 1.97 bits per heavy atom. The molecule has 33 heavy (non-hydrogen) atoms. The average molecular weight is 462 g/mol. The number of carbonyl (C=O) groups excluding carboxylic acids is 4. The van der Waals surface area contributed by atoms with E-state index in [0.717, 1.165) is 30.2 Å². The van der Waals surface area contributed by atoms with Crippen molar-refractivity contribution in [3.8, 4) is 5.75 Å². The van der Waals surface area contributed by atoms with Crippen LogP contribution in [0.1, 0.15) is 45.4 Å². The number of anilines is 1. The fourth-order valence-electron chi connectivity index (χ4n) is 4.02. The van der Waals surface area contributed by atoms with Crippen LogP contribution in [0.3, 0.4) is 0 Å². The minimum absolute atomic E-state index is 0.0780. The third-order valence-electron chi connectivity index (χ3n) is 5.83. The summed E-state index contributed by atoms with van der Waals surface area (Å²) in [6.07, 6.45) is 2.32. The Labute approximate surface area is 189 Å². The van der Waals surface area contributed by atoms with Gasteiger partial charge in [0.2, 0.25) is 0 Å². The number of imide groups is 1. The quantitative estimate of drug-likeness (QED) is 0.257. The molecule has 1 aromatic rings. The second kappa shape index (κ2) is 9.84. The number of nitro groups is 1. The van der Waals surface area contributed by atoms with Crippen molar-refractivity contribution < 1.29 is 33.6 Å². The summed E-state index contributed by atoms with van der Waals surface area (Å²) in [7, 11) is 1.35. The molecule has 1 aliphatic carbocycles. The predicted octanol–water partition coefficient (Wildman–Crippen LogP) is 2.12. The second-order valence-electron chi connectivity index (χ2n) is 8.04. The van der Waals surface area contributed by atoms with Gasteiger partial charge in [-0.3, -0.25) is 29.4 Å². The first-order valence-electron chi connectivity index (χ1n) is 10.6. The summed E-state index contributed by atoms with van der Waals surface area (Å²) in [6.45, 7) is 1.15. The van der Waals surface area contributed by atoms with Crippen LogP contribution in [0.15, 0.2) is 18.2 Å². The number of methoxy groups -OCH3 is 1. The van der Waals surface area contributed by atoms with Gasteiger partial charge < -0.3 is 20.1 Å². The number of ether oxygens (including phenoxy) is 2. The van der Waals surface area contributed by atoms with Crippen LogP contribution in [0.2, 0.25) is 0 Å². The smallest absolute Gasteiger partial charge is 0.325 e. The maximum atomic E-state index is 12.7. The summed E-state index contributed by atoms with van der Waals surface area (Å²) in [4.78, 5) is 61.1. The van der Waals surface area contributed by atoms with Crippen LogP contribution in [0.4, 0.5) is 16.2 Å². The van der Waals surface area contributed by atoms with E-state index in [1.165, 1.54) is 26.2 Å². The normalized spacial score (nSPS) is 17.9. The molecule has 1 spiro atoms. The van der Waals surface area contributed by atoms with E-state index >= 15 is 0 Å². The van der Waals surface area contributed by atoms with E-state index in [9.17, 15) is 29.3 Å². The summed E-state index contributed by atoms with van der Waals surface area (Å²) in [5.41, 5.74) is -1.33. The van der Waals surface area contributed by atoms with E-state index in [1.54, 1.807) is 0 Å². The van der Waals surface area contributed by atoms with E-state index in [1.807, 2.05) is 0 Å². The van der Waals surface area contributed by atoms with Gasteiger partial charge in [-0.2, -0.15) is 0 Å². The molecule has 2 N–H and O–H groups in total. The summed E-state index contributed by atoms with van der Waals surface area (Å²) < 4.78 is 10.0. The lowest BCUT2D eigenvalue weighted by Crippen LogP contribution is -2.48. The Hall–Kier alpha value is -3.70. The maximum Gasteiger partial charge on any atom is 0.325 e. The van der Waals surface area contributed by atoms with Gasteiger partial charge in [0.05, 0.1) is 24.5 Å². The van der Waals surface area contributed by atoms with Crippen molar-refractivity contribution in [3.05, 3.63) is 28.3 Å². The minimum Gasteiger partial charge on any atom is -0.496 e. The zero-order valence-electron chi connectivity index (χ0n) is 18.4. The number of urea groups is 1. The third kappa shape index (κ3) is 5.21. The topological polar surface area (TPSA) is 157 Å². The lowest BCUT2D eigenvalue weighted by molar-refractivity contribution is -0.384. The molecule has 3 rings (SSSR count). The number of amides is 4. The highest BCUT2D eigenvalue weighted by Gasteiger charge is 2.51. The number of nitrogens with one attached hydrogen (secondary N) is 2. The van der Waals surface area contributed by atoms with Crippen LogP contribution in [0.25, 0.3) is 0 Å². The van der Waals surface area contributed by atoms with Gasteiger partial charge in [-0.05, 0) is 31.9 Å². The number of hydrogen-bond donors (Lipinski definition) is 2. The standard InChI is InChI=1S/C21H26N4O8/c1-13(18(27)22-15-7-6-14(32-2)12-16(15)25(30)31)33-17(26)8-11-24-19(28)21(23-20(24)29)9-4-3-5-10-21/h6-7,12-13H,3-5,8-11H2,1-2H3,(H,22,27)(H,23,29). The van der Waals surface area contributed by atoms with E-state index < -0.39 is 34.5 Å². The van der Waals surface area contributed by atoms with Gasteiger partial charge >= 0.3 is 12.0 Å². The molecule has 0 bridgehead atoms. The molecule has 1 aromatic carbocycles. The molecule has 1 unspecified atom stereocenters. The summed E-state index contributed by atoms with van der Waals surface area (Å²) >= 11 is 0. The Bertz CT molecular complexity index is 973. The second-order valence-corrected chi connectivity index (χ2v) is 8.04. The fraction of sp³-hybridized carbons (Fsp3) is 0.524. The van der Waals surface area contributed by atoms with E-state index in [2.05, 4.69) is 10.6 Å². The number of rotatable bonds is 8. The molecule has 0 radical (unpaired) electrons. The molecule has 1 saturated carbocycles. The molecule has 12 nitrogen and oxygen atoms in total. The first kappa shape index (κ1) is 24.0. The molecule has 2 aliphatic rings. The molecule has 1 aliphatic heterocycles. The molecule has 0 aromatic heterocycles. The van der Waals surface area contributed by atoms with Crippen LogP contribution in [-0.2, 0) is 19.1 Å². The summed E-state index contributed by atoms with van der Waals surface area (Å²) in [5.74, 6) is -1.65. The van der Waals surface area contributed by atoms with E-state index in [-0.39, 0.29) is 36.0 Å². The number of carbonyl (C=O) groups is 4. The van der Waals surface area contributed by atoms with Gasteiger partial charge in [0.25, 0.3) is 17.5 Å². The Morgan fingerprint density at radius 1 is 1.27 bits per heavy atom. The van der Waals surface area contributed by atoms with Gasteiger partial charge in [0, 0.05) is 6.54 Å². The molecule has 1 saturated heterocycles. The van der Waals surface area contributed by atoms with Crippen molar-refractivity contribution >= 4 is 35.2 Å². The summed E-state index contributed by atoms with van der Waals surface area (Å²) in [6, 6.07) is 3.37. The largest absolute Gasteiger partial charge is 0.496 e. The number of nitro benzene ring substituents is 1. The van der Waals surface area contributed by atoms with Gasteiger partial charge in [-0.25, -0.2) is 4.79 Å². The molecule has 4 amide bonds. The van der Waals surface area contributed by atoms with Gasteiger partial charge in [-0.1, -0.05) is 19.3 Å². The number of benzene rings is 1. The van der Waals surface area contributed by atoms with Crippen molar-refractivity contribution in [1.29, 1.82) is 0 Å². The fourth-order valence-corrected chi connectivity index (χ4v) is 4.02. The first-order chi connectivity index (χ1) is 15.7. The van der Waals surface area contributed by atoms with Crippen molar-refractivity contribution in [2.75, 3.05) is 19.0 Å². The third-order valence-corrected chi connectivity index (χ3v) is 5.83. The Kier molecular flexibility index (Phi) is 7.14. The van der Waals surface area contributed by atoms with Crippen LogP contribution in [0, 0.1) is 10.1 Å². The van der Waals surface area contributed by atoms with Crippen LogP contribution in [0.5, 0.6) is 5.75 Å². The van der Waals surface area contributed by atoms with Crippen molar-refractivity contribution in [2.24, 2.45) is 0 Å². The number of esters is 1. The Morgan fingerprint density at radius 3 is 2.61 bits per heavy atom. The first-order valence-corrected chi connectivity index (χ1v) is 10.6. The lowest BCUT2D eigenvalue weighted by Gasteiger charge is -2.30. The highest BCUT2D eigenvalue weighted by atomic mass is 16.6. The number of nitrogens with zero attached hydrogens (tertiary/aromatic N) is 2. The van der Waals surface area contributed by atoms with E-state index in [4.69, 9.17) is 9.47 Å². The molecular formula is C21H26N4O8. The maximum absolute atomic E-state index is 12.7. The van der Waals surface area contributed by atoms with E-state index in [0.29, 0.717) is 12.8 Å². The van der Waals surface area contributed by atoms with Crippen molar-refractivity contribution in [1.82, 2.24) is 10.2 Å². The summed E-state index contributed by atoms with van der Waals surface area (Å²) in [5, 5.41) is 16.4. The molecule has 178 valence electrons. The lowest BCUT2D eigenvalue weighted by atomic mass is 9.82. The van der Waals surface area contributed by atoms with Crippen molar-refractivity contribution in [3.63, 3.8) is 0 Å². The monoisotopic (exact) mass is 462 g/mol. The molecule has 2 fully saturated rings. The van der Waals surface area contributed by atoms with Gasteiger partial charge in [0.15, 0.2) is 6.10 Å². The van der Waals surface area contributed by atoms with Crippen LogP contribution < -0.4 is 15.4 Å². The van der Waals surface area contributed by atoms with Gasteiger partial charge in [-0.15, -0.1) is 0 Å². The average Bonchev–Trinajstić information content (AvgIpc) is 3.01. The predicted molar refractivity (Wildman–Crippen MR) is 115 cm³/mol. The zero-order valence-corrected chi connectivity index (χ0v) is 18.4. The molecule has 1 atom stereocenters. The van der Waals surface area contributed by atoms with Crippen molar-refractivity contribution in [2.45, 2.75) is 57.1 Å². The molecule has 1 heterocycles. The minimum atomic E-state index is -1.26. The highest BCUT2D eigenvalue weighted by Crippen LogP contribution is 2.33. The molecular weight excluding hydrogens is 436 g/mol. The molecule has 12 heteroatoms. The van der Waals surface area contributed by atoms with Gasteiger partial charge in [0.1, 0.15) is 17.0 Å². The van der Waals surface area contributed by atoms with Crippen LogP contribution >= 0.6 is 0 Å². The highest BCUT2D eigenvalue weighted by molar-refractivity contribution is 6.07. The van der Waals surface area contributed by atoms with Crippen LogP contribution in [-0.4, -0.2) is 58.9 Å². The Balaban J connectivity index is 1.53. The number of hydrogen-bond acceptors (Lipinski definition) is 8.